The van der Waals surface area contributed by atoms with E-state index < -0.39 is 5.82 Å². The van der Waals surface area contributed by atoms with Crippen molar-refractivity contribution in [2.45, 2.75) is 18.9 Å². The van der Waals surface area contributed by atoms with Crippen molar-refractivity contribution in [2.75, 3.05) is 62.9 Å². The second kappa shape index (κ2) is 11.2. The number of amides is 1. The molecule has 5 rings (SSSR count). The zero-order chi connectivity index (χ0) is 26.8. The Balaban J connectivity index is 1.27. The highest BCUT2D eigenvalue weighted by Crippen LogP contribution is 2.34. The number of nitrogens with one attached hydrogen (secondary N) is 2. The van der Waals surface area contributed by atoms with Crippen LogP contribution < -0.4 is 15.5 Å². The normalized spacial score (nSPS) is 20.0. The first-order chi connectivity index (χ1) is 18.3. The number of likely N-dealkylation sites (N-methyl/N-ethyl adjacent to an activating group) is 1. The van der Waals surface area contributed by atoms with Crippen molar-refractivity contribution in [1.29, 1.82) is 0 Å². The summed E-state index contributed by atoms with van der Waals surface area (Å²) in [5.74, 6) is 0.601. The number of piperazine rings is 1. The minimum absolute atomic E-state index is 0.00157. The van der Waals surface area contributed by atoms with E-state index in [9.17, 15) is 9.18 Å². The van der Waals surface area contributed by atoms with Crippen LogP contribution >= 0.6 is 11.6 Å². The predicted molar refractivity (Wildman–Crippen MR) is 148 cm³/mol. The van der Waals surface area contributed by atoms with E-state index in [1.165, 1.54) is 18.2 Å². The first-order valence-electron chi connectivity index (χ1n) is 12.7. The summed E-state index contributed by atoms with van der Waals surface area (Å²) in [4.78, 5) is 23.9. The molecule has 3 aromatic rings. The predicted octanol–water partition coefficient (Wildman–Crippen LogP) is 4.11. The number of hydrogen-bond acceptors (Lipinski definition) is 8. The lowest BCUT2D eigenvalue weighted by molar-refractivity contribution is -0.124. The summed E-state index contributed by atoms with van der Waals surface area (Å²) in [6.07, 6.45) is 3.39. The van der Waals surface area contributed by atoms with Crippen LogP contribution in [0.5, 0.6) is 0 Å². The zero-order valence-electron chi connectivity index (χ0n) is 21.8. The van der Waals surface area contributed by atoms with Gasteiger partial charge in [0, 0.05) is 80.8 Å². The Kier molecular flexibility index (Phi) is 7.73. The third-order valence-corrected chi connectivity index (χ3v) is 7.47. The summed E-state index contributed by atoms with van der Waals surface area (Å²) in [5.41, 5.74) is 1.93. The van der Waals surface area contributed by atoms with E-state index in [0.29, 0.717) is 39.8 Å². The number of halogens is 2. The van der Waals surface area contributed by atoms with Crippen LogP contribution in [0.15, 0.2) is 42.6 Å². The SMILES string of the molecule is CN1CCN(C2CC(C(=O)Nc3cc(Nc4cc(-c5cc(Cl)ccc5F)nnc4N(C)C)ccn3)C2)CC1. The highest BCUT2D eigenvalue weighted by molar-refractivity contribution is 6.30. The maximum atomic E-state index is 14.5. The van der Waals surface area contributed by atoms with Crippen molar-refractivity contribution >= 4 is 40.5 Å². The van der Waals surface area contributed by atoms with Gasteiger partial charge in [0.05, 0.1) is 11.4 Å². The molecule has 2 fully saturated rings. The van der Waals surface area contributed by atoms with E-state index in [0.717, 1.165) is 39.0 Å². The van der Waals surface area contributed by atoms with Crippen molar-refractivity contribution in [3.05, 3.63) is 53.4 Å². The molecule has 1 saturated heterocycles. The van der Waals surface area contributed by atoms with Crippen molar-refractivity contribution in [2.24, 2.45) is 5.92 Å². The number of carbonyl (C=O) groups is 1. The van der Waals surface area contributed by atoms with Crippen LogP contribution in [0.4, 0.5) is 27.4 Å². The van der Waals surface area contributed by atoms with Gasteiger partial charge in [0.15, 0.2) is 5.82 Å². The summed E-state index contributed by atoms with van der Waals surface area (Å²) < 4.78 is 14.5. The number of hydrogen-bond donors (Lipinski definition) is 2. The number of aromatic nitrogens is 3. The average molecular weight is 539 g/mol. The van der Waals surface area contributed by atoms with Gasteiger partial charge >= 0.3 is 0 Å². The fourth-order valence-corrected chi connectivity index (χ4v) is 5.05. The molecule has 3 heterocycles. The van der Waals surface area contributed by atoms with Gasteiger partial charge in [0.2, 0.25) is 5.91 Å². The van der Waals surface area contributed by atoms with Crippen molar-refractivity contribution in [3.8, 4) is 11.3 Å². The molecule has 200 valence electrons. The quantitative estimate of drug-likeness (QED) is 0.465. The summed E-state index contributed by atoms with van der Waals surface area (Å²) in [7, 11) is 5.84. The molecule has 1 saturated carbocycles. The minimum atomic E-state index is -0.438. The monoisotopic (exact) mass is 538 g/mol. The second-order valence-electron chi connectivity index (χ2n) is 10.2. The fraction of sp³-hybridized carbons (Fsp3) is 0.407. The second-order valence-corrected chi connectivity index (χ2v) is 10.6. The van der Waals surface area contributed by atoms with E-state index in [-0.39, 0.29) is 17.4 Å². The van der Waals surface area contributed by atoms with Gasteiger partial charge in [-0.1, -0.05) is 11.6 Å². The summed E-state index contributed by atoms with van der Waals surface area (Å²) in [6.45, 7) is 4.29. The highest BCUT2D eigenvalue weighted by atomic mass is 35.5. The minimum Gasteiger partial charge on any atom is -0.360 e. The van der Waals surface area contributed by atoms with Crippen molar-refractivity contribution < 1.29 is 9.18 Å². The number of pyridine rings is 1. The Hall–Kier alpha value is -3.34. The third-order valence-electron chi connectivity index (χ3n) is 7.23. The maximum absolute atomic E-state index is 14.5. The number of carbonyl (C=O) groups excluding carboxylic acids is 1. The number of rotatable bonds is 7. The van der Waals surface area contributed by atoms with Crippen LogP contribution in [-0.2, 0) is 4.79 Å². The molecule has 2 aliphatic rings. The van der Waals surface area contributed by atoms with E-state index in [4.69, 9.17) is 11.6 Å². The molecule has 9 nitrogen and oxygen atoms in total. The molecule has 1 aliphatic carbocycles. The molecule has 2 aromatic heterocycles. The molecule has 0 unspecified atom stereocenters. The van der Waals surface area contributed by atoms with Crippen LogP contribution in [0.3, 0.4) is 0 Å². The lowest BCUT2D eigenvalue weighted by atomic mass is 9.78. The fourth-order valence-electron chi connectivity index (χ4n) is 4.88. The van der Waals surface area contributed by atoms with Crippen molar-refractivity contribution in [1.82, 2.24) is 25.0 Å². The van der Waals surface area contributed by atoms with Crippen LogP contribution in [0.1, 0.15) is 12.8 Å². The van der Waals surface area contributed by atoms with Crippen LogP contribution in [0.2, 0.25) is 5.02 Å². The number of anilines is 4. The Morgan fingerprint density at radius 1 is 1.08 bits per heavy atom. The van der Waals surface area contributed by atoms with E-state index in [2.05, 4.69) is 42.7 Å². The van der Waals surface area contributed by atoms with Gasteiger partial charge < -0.3 is 20.4 Å². The zero-order valence-corrected chi connectivity index (χ0v) is 22.5. The molecular weight excluding hydrogens is 507 g/mol. The maximum Gasteiger partial charge on any atom is 0.228 e. The topological polar surface area (TPSA) is 89.5 Å². The highest BCUT2D eigenvalue weighted by Gasteiger charge is 2.38. The molecule has 11 heteroatoms. The molecule has 0 spiro atoms. The Morgan fingerprint density at radius 3 is 2.58 bits per heavy atom. The van der Waals surface area contributed by atoms with Gasteiger partial charge in [-0.25, -0.2) is 9.37 Å². The molecule has 1 aromatic carbocycles. The molecule has 1 amide bonds. The van der Waals surface area contributed by atoms with Crippen LogP contribution in [0, 0.1) is 11.7 Å². The van der Waals surface area contributed by atoms with Gasteiger partial charge in [-0.2, -0.15) is 0 Å². The van der Waals surface area contributed by atoms with Crippen molar-refractivity contribution in [3.63, 3.8) is 0 Å². The molecule has 0 atom stereocenters. The largest absolute Gasteiger partial charge is 0.360 e. The molecular formula is C27H32ClFN8O. The third kappa shape index (κ3) is 5.87. The van der Waals surface area contributed by atoms with Gasteiger partial charge in [-0.05, 0) is 50.2 Å². The molecule has 2 N–H and O–H groups in total. The summed E-state index contributed by atoms with van der Waals surface area (Å²) >= 11 is 6.08. The standard InChI is InChI=1S/C27H32ClFN8O/c1-35(2)26-24(16-23(33-34-26)21-14-18(28)4-5-22(21)29)31-19-6-7-30-25(15-19)32-27(38)17-12-20(13-17)37-10-8-36(3)9-11-37/h4-7,14-17,20H,8-13H2,1-3H3,(H2,30,31,32,33,38). The number of nitrogens with zero attached hydrogens (tertiary/aromatic N) is 6. The van der Waals surface area contributed by atoms with Crippen LogP contribution in [-0.4, -0.2) is 84.3 Å². The molecule has 0 radical (unpaired) electrons. The lowest BCUT2D eigenvalue weighted by Gasteiger charge is -2.45. The van der Waals surface area contributed by atoms with Gasteiger partial charge in [-0.3, -0.25) is 9.69 Å². The molecule has 0 bridgehead atoms. The Morgan fingerprint density at radius 2 is 1.84 bits per heavy atom. The molecule has 38 heavy (non-hydrogen) atoms. The first kappa shape index (κ1) is 26.3. The smallest absolute Gasteiger partial charge is 0.228 e. The van der Waals surface area contributed by atoms with Gasteiger partial charge in [0.25, 0.3) is 0 Å². The lowest BCUT2D eigenvalue weighted by Crippen LogP contribution is -2.54. The average Bonchev–Trinajstić information content (AvgIpc) is 2.86. The van der Waals surface area contributed by atoms with E-state index in [1.807, 2.05) is 19.0 Å². The van der Waals surface area contributed by atoms with Gasteiger partial charge in [-0.15, -0.1) is 10.2 Å². The number of benzene rings is 1. The Bertz CT molecular complexity index is 1310. The van der Waals surface area contributed by atoms with E-state index >= 15 is 0 Å². The summed E-state index contributed by atoms with van der Waals surface area (Å²) in [6, 6.07) is 10.1. The first-order valence-corrected chi connectivity index (χ1v) is 13.1. The van der Waals surface area contributed by atoms with E-state index in [1.54, 1.807) is 24.4 Å². The van der Waals surface area contributed by atoms with Crippen LogP contribution in [0.25, 0.3) is 11.3 Å². The molecule has 1 aliphatic heterocycles. The summed E-state index contributed by atoms with van der Waals surface area (Å²) in [5, 5.41) is 15.2. The Labute approximate surface area is 227 Å². The van der Waals surface area contributed by atoms with Gasteiger partial charge in [0.1, 0.15) is 11.6 Å².